The summed E-state index contributed by atoms with van der Waals surface area (Å²) in [5.41, 5.74) is -1.04. The van der Waals surface area contributed by atoms with Crippen LogP contribution in [0.15, 0.2) is 12.1 Å². The Labute approximate surface area is 110 Å². The van der Waals surface area contributed by atoms with Crippen LogP contribution in [0.3, 0.4) is 0 Å². The van der Waals surface area contributed by atoms with Crippen LogP contribution >= 0.6 is 0 Å². The van der Waals surface area contributed by atoms with Gasteiger partial charge in [0.15, 0.2) is 5.69 Å². The van der Waals surface area contributed by atoms with E-state index in [0.29, 0.717) is 0 Å². The van der Waals surface area contributed by atoms with Crippen LogP contribution in [0, 0.1) is 10.1 Å². The Hall–Kier alpha value is -2.39. The minimum absolute atomic E-state index is 0.417. The smallest absolute Gasteiger partial charge is 0.390 e. The first-order valence-corrected chi connectivity index (χ1v) is 5.28. The lowest BCUT2D eigenvalue weighted by Gasteiger charge is -2.19. The predicted octanol–water partition coefficient (Wildman–Crippen LogP) is 2.08. The number of rotatable bonds is 5. The van der Waals surface area contributed by atoms with E-state index in [2.05, 4.69) is 4.98 Å². The summed E-state index contributed by atoms with van der Waals surface area (Å²) < 4.78 is 36.4. The molecule has 0 aliphatic heterocycles. The fourth-order valence-corrected chi connectivity index (χ4v) is 1.38. The summed E-state index contributed by atoms with van der Waals surface area (Å²) in [7, 11) is 1.17. The molecule has 0 amide bonds. The van der Waals surface area contributed by atoms with Gasteiger partial charge >= 0.3 is 17.8 Å². The highest BCUT2D eigenvalue weighted by molar-refractivity contribution is 5.86. The number of pyridine rings is 1. The monoisotopic (exact) mass is 293 g/mol. The number of nitrogens with zero attached hydrogens (tertiary/aromatic N) is 3. The highest BCUT2D eigenvalue weighted by Gasteiger charge is 2.29. The summed E-state index contributed by atoms with van der Waals surface area (Å²) in [6.07, 6.45) is -5.62. The number of aromatic nitrogens is 1. The van der Waals surface area contributed by atoms with Gasteiger partial charge in [-0.05, 0) is 6.07 Å². The molecule has 0 atom stereocenters. The zero-order chi connectivity index (χ0) is 15.5. The van der Waals surface area contributed by atoms with Gasteiger partial charge in [0.25, 0.3) is 0 Å². The minimum Gasteiger partial charge on any atom is -0.477 e. The van der Waals surface area contributed by atoms with Crippen LogP contribution in [0.25, 0.3) is 0 Å². The van der Waals surface area contributed by atoms with Crippen molar-refractivity contribution < 1.29 is 28.0 Å². The SMILES string of the molecule is CN(CCC(F)(F)F)c1nc(C(=O)O)ccc1[N+](=O)[O-]. The fraction of sp³-hybridized carbons (Fsp3) is 0.400. The average Bonchev–Trinajstić information content (AvgIpc) is 2.34. The zero-order valence-electron chi connectivity index (χ0n) is 10.2. The molecule has 110 valence electrons. The molecule has 1 heterocycles. The molecule has 10 heteroatoms. The summed E-state index contributed by atoms with van der Waals surface area (Å²) in [5.74, 6) is -1.84. The number of hydrogen-bond acceptors (Lipinski definition) is 5. The topological polar surface area (TPSA) is 96.6 Å². The first-order chi connectivity index (χ1) is 9.11. The molecule has 0 aromatic carbocycles. The van der Waals surface area contributed by atoms with E-state index in [-0.39, 0.29) is 0 Å². The second kappa shape index (κ2) is 5.72. The molecule has 0 aliphatic rings. The van der Waals surface area contributed by atoms with Gasteiger partial charge in [0.05, 0.1) is 11.3 Å². The predicted molar refractivity (Wildman–Crippen MR) is 61.8 cm³/mol. The first kappa shape index (κ1) is 15.7. The molecule has 0 fully saturated rings. The van der Waals surface area contributed by atoms with Gasteiger partial charge < -0.3 is 10.0 Å². The van der Waals surface area contributed by atoms with Gasteiger partial charge in [-0.2, -0.15) is 13.2 Å². The molecule has 1 N–H and O–H groups in total. The lowest BCUT2D eigenvalue weighted by Crippen LogP contribution is -2.26. The number of aromatic carboxylic acids is 1. The standard InChI is InChI=1S/C10H10F3N3O4/c1-15(5-4-10(11,12)13)8-7(16(19)20)3-2-6(14-8)9(17)18/h2-3H,4-5H2,1H3,(H,17,18). The molecular weight excluding hydrogens is 283 g/mol. The van der Waals surface area contributed by atoms with Gasteiger partial charge in [0, 0.05) is 19.7 Å². The van der Waals surface area contributed by atoms with Crippen molar-refractivity contribution in [3.63, 3.8) is 0 Å². The van der Waals surface area contributed by atoms with Crippen molar-refractivity contribution in [1.29, 1.82) is 0 Å². The Morgan fingerprint density at radius 1 is 1.50 bits per heavy atom. The number of anilines is 1. The van der Waals surface area contributed by atoms with Crippen LogP contribution < -0.4 is 4.90 Å². The number of carboxylic acid groups (broad SMARTS) is 1. The van der Waals surface area contributed by atoms with Crippen LogP contribution in [-0.4, -0.2) is 40.8 Å². The maximum atomic E-state index is 12.1. The van der Waals surface area contributed by atoms with Crippen molar-refractivity contribution in [3.05, 3.63) is 27.9 Å². The summed E-state index contributed by atoms with van der Waals surface area (Å²) in [5, 5.41) is 19.5. The van der Waals surface area contributed by atoms with E-state index in [9.17, 15) is 28.1 Å². The lowest BCUT2D eigenvalue weighted by atomic mass is 10.3. The van der Waals surface area contributed by atoms with Crippen molar-refractivity contribution in [1.82, 2.24) is 4.98 Å². The van der Waals surface area contributed by atoms with Gasteiger partial charge in [0.2, 0.25) is 5.82 Å². The van der Waals surface area contributed by atoms with Gasteiger partial charge in [-0.1, -0.05) is 0 Å². The third kappa shape index (κ3) is 4.07. The highest BCUT2D eigenvalue weighted by atomic mass is 19.4. The zero-order valence-corrected chi connectivity index (χ0v) is 10.2. The number of carboxylic acids is 1. The third-order valence-electron chi connectivity index (χ3n) is 2.36. The fourth-order valence-electron chi connectivity index (χ4n) is 1.38. The van der Waals surface area contributed by atoms with Crippen LogP contribution in [0.4, 0.5) is 24.7 Å². The molecule has 20 heavy (non-hydrogen) atoms. The third-order valence-corrected chi connectivity index (χ3v) is 2.36. The van der Waals surface area contributed by atoms with E-state index < -0.39 is 47.2 Å². The van der Waals surface area contributed by atoms with E-state index in [0.717, 1.165) is 17.0 Å². The second-order valence-electron chi connectivity index (χ2n) is 3.89. The Balaban J connectivity index is 3.09. The van der Waals surface area contributed by atoms with Crippen molar-refractivity contribution >= 4 is 17.5 Å². The summed E-state index contributed by atoms with van der Waals surface area (Å²) in [4.78, 5) is 25.1. The van der Waals surface area contributed by atoms with Gasteiger partial charge in [-0.25, -0.2) is 9.78 Å². The highest BCUT2D eigenvalue weighted by Crippen LogP contribution is 2.27. The van der Waals surface area contributed by atoms with E-state index in [1.54, 1.807) is 0 Å². The Bertz CT molecular complexity index is 533. The first-order valence-electron chi connectivity index (χ1n) is 5.28. The Morgan fingerprint density at radius 3 is 2.55 bits per heavy atom. The van der Waals surface area contributed by atoms with Gasteiger partial charge in [-0.3, -0.25) is 10.1 Å². The molecule has 1 aromatic heterocycles. The van der Waals surface area contributed by atoms with Crippen molar-refractivity contribution in [2.45, 2.75) is 12.6 Å². The van der Waals surface area contributed by atoms with Gasteiger partial charge in [-0.15, -0.1) is 0 Å². The van der Waals surface area contributed by atoms with E-state index >= 15 is 0 Å². The molecule has 1 rings (SSSR count). The molecular formula is C10H10F3N3O4. The molecule has 1 aromatic rings. The number of carbonyl (C=O) groups is 1. The van der Waals surface area contributed by atoms with E-state index in [4.69, 9.17) is 5.11 Å². The number of halogens is 3. The second-order valence-corrected chi connectivity index (χ2v) is 3.89. The number of alkyl halides is 3. The van der Waals surface area contributed by atoms with Crippen LogP contribution in [-0.2, 0) is 0 Å². The summed E-state index contributed by atoms with van der Waals surface area (Å²) in [6, 6.07) is 1.82. The quantitative estimate of drug-likeness (QED) is 0.659. The van der Waals surface area contributed by atoms with Crippen molar-refractivity contribution in [2.75, 3.05) is 18.5 Å². The molecule has 7 nitrogen and oxygen atoms in total. The average molecular weight is 293 g/mol. The molecule has 0 aliphatic carbocycles. The van der Waals surface area contributed by atoms with Crippen molar-refractivity contribution in [2.24, 2.45) is 0 Å². The Morgan fingerprint density at radius 2 is 2.10 bits per heavy atom. The molecule has 0 saturated carbocycles. The minimum atomic E-state index is -4.42. The normalized spacial score (nSPS) is 11.2. The molecule has 0 unspecified atom stereocenters. The Kier molecular flexibility index (Phi) is 4.48. The lowest BCUT2D eigenvalue weighted by molar-refractivity contribution is -0.384. The largest absolute Gasteiger partial charge is 0.477 e. The summed E-state index contributed by atoms with van der Waals surface area (Å²) >= 11 is 0. The van der Waals surface area contributed by atoms with Crippen LogP contribution in [0.5, 0.6) is 0 Å². The molecule has 0 radical (unpaired) electrons. The molecule has 0 bridgehead atoms. The maximum absolute atomic E-state index is 12.1. The number of hydrogen-bond donors (Lipinski definition) is 1. The van der Waals surface area contributed by atoms with E-state index in [1.807, 2.05) is 0 Å². The summed E-state index contributed by atoms with van der Waals surface area (Å²) in [6.45, 7) is -0.569. The maximum Gasteiger partial charge on any atom is 0.390 e. The van der Waals surface area contributed by atoms with E-state index in [1.165, 1.54) is 7.05 Å². The van der Waals surface area contributed by atoms with Crippen LogP contribution in [0.1, 0.15) is 16.9 Å². The van der Waals surface area contributed by atoms with Gasteiger partial charge in [0.1, 0.15) is 0 Å². The molecule has 0 saturated heterocycles. The van der Waals surface area contributed by atoms with Crippen LogP contribution in [0.2, 0.25) is 0 Å². The molecule has 0 spiro atoms. The number of nitro groups is 1. The van der Waals surface area contributed by atoms with Crippen molar-refractivity contribution in [3.8, 4) is 0 Å².